The van der Waals surface area contributed by atoms with Gasteiger partial charge in [-0.2, -0.15) is 0 Å². The van der Waals surface area contributed by atoms with Crippen molar-refractivity contribution in [2.24, 2.45) is 0 Å². The molecule has 0 saturated carbocycles. The summed E-state index contributed by atoms with van der Waals surface area (Å²) in [4.78, 5) is 3.63. The van der Waals surface area contributed by atoms with Gasteiger partial charge < -0.3 is 5.11 Å². The summed E-state index contributed by atoms with van der Waals surface area (Å²) in [5.41, 5.74) is -1.07. The van der Waals surface area contributed by atoms with Crippen LogP contribution in [0.2, 0.25) is 5.15 Å². The van der Waals surface area contributed by atoms with Crippen molar-refractivity contribution in [1.82, 2.24) is 9.71 Å². The van der Waals surface area contributed by atoms with Crippen LogP contribution in [0.15, 0.2) is 23.2 Å². The van der Waals surface area contributed by atoms with Crippen LogP contribution < -0.4 is 4.72 Å². The third-order valence-electron chi connectivity index (χ3n) is 2.45. The van der Waals surface area contributed by atoms with Gasteiger partial charge in [0.2, 0.25) is 10.0 Å². The van der Waals surface area contributed by atoms with E-state index in [4.69, 9.17) is 11.6 Å². The summed E-state index contributed by atoms with van der Waals surface area (Å²) in [7, 11) is -3.75. The van der Waals surface area contributed by atoms with Gasteiger partial charge in [0.25, 0.3) is 0 Å². The van der Waals surface area contributed by atoms with Gasteiger partial charge in [-0.15, -0.1) is 0 Å². The number of aliphatic hydroxyl groups is 1. The summed E-state index contributed by atoms with van der Waals surface area (Å²) in [6.07, 6.45) is 2.69. The molecule has 0 aliphatic carbocycles. The summed E-state index contributed by atoms with van der Waals surface area (Å²) < 4.78 is 26.3. The van der Waals surface area contributed by atoms with E-state index < -0.39 is 15.6 Å². The van der Waals surface area contributed by atoms with E-state index in [9.17, 15) is 13.5 Å². The van der Waals surface area contributed by atoms with Crippen molar-refractivity contribution in [3.8, 4) is 0 Å². The van der Waals surface area contributed by atoms with Gasteiger partial charge >= 0.3 is 0 Å². The van der Waals surface area contributed by atoms with E-state index >= 15 is 0 Å². The summed E-state index contributed by atoms with van der Waals surface area (Å²) in [5.74, 6) is 0. The van der Waals surface area contributed by atoms with Crippen LogP contribution in [-0.4, -0.2) is 30.7 Å². The second-order valence-corrected chi connectivity index (χ2v) is 6.46. The topological polar surface area (TPSA) is 79.3 Å². The quantitative estimate of drug-likeness (QED) is 0.780. The lowest BCUT2D eigenvalue weighted by molar-refractivity contribution is 0.0554. The molecule has 1 aromatic heterocycles. The highest BCUT2D eigenvalue weighted by molar-refractivity contribution is 7.89. The average Bonchev–Trinajstić information content (AvgIpc) is 2.27. The van der Waals surface area contributed by atoms with E-state index in [0.717, 1.165) is 6.42 Å². The summed E-state index contributed by atoms with van der Waals surface area (Å²) >= 11 is 5.73. The zero-order chi connectivity index (χ0) is 13.8. The second kappa shape index (κ2) is 5.97. The number of rotatable bonds is 6. The highest BCUT2D eigenvalue weighted by atomic mass is 35.5. The van der Waals surface area contributed by atoms with Crippen LogP contribution >= 0.6 is 11.6 Å². The maximum absolute atomic E-state index is 12.0. The number of sulfonamides is 1. The number of halogens is 1. The fraction of sp³-hybridized carbons (Fsp3) is 0.545. The Morgan fingerprint density at radius 2 is 2.22 bits per heavy atom. The van der Waals surface area contributed by atoms with Crippen molar-refractivity contribution < 1.29 is 13.5 Å². The molecule has 1 rings (SSSR count). The van der Waals surface area contributed by atoms with E-state index in [1.54, 1.807) is 6.92 Å². The summed E-state index contributed by atoms with van der Waals surface area (Å²) in [6, 6.07) is 2.86. The molecule has 0 aliphatic heterocycles. The number of nitrogens with zero attached hydrogens (tertiary/aromatic N) is 1. The Labute approximate surface area is 112 Å². The van der Waals surface area contributed by atoms with Crippen LogP contribution in [-0.2, 0) is 10.0 Å². The molecule has 7 heteroatoms. The molecule has 0 spiro atoms. The van der Waals surface area contributed by atoms with Crippen LogP contribution in [0.1, 0.15) is 26.7 Å². The molecule has 18 heavy (non-hydrogen) atoms. The van der Waals surface area contributed by atoms with E-state index in [0.29, 0.717) is 6.42 Å². The Morgan fingerprint density at radius 3 is 2.78 bits per heavy atom. The molecule has 1 unspecified atom stereocenters. The van der Waals surface area contributed by atoms with Gasteiger partial charge in [-0.1, -0.05) is 24.9 Å². The molecule has 0 bridgehead atoms. The largest absolute Gasteiger partial charge is 0.389 e. The summed E-state index contributed by atoms with van der Waals surface area (Å²) in [6.45, 7) is 3.44. The first kappa shape index (κ1) is 15.4. The number of nitrogens with one attached hydrogen (secondary N) is 1. The van der Waals surface area contributed by atoms with Crippen molar-refractivity contribution in [2.45, 2.75) is 37.2 Å². The van der Waals surface area contributed by atoms with Crippen LogP contribution in [0.5, 0.6) is 0 Å². The van der Waals surface area contributed by atoms with Gasteiger partial charge in [0.05, 0.1) is 5.60 Å². The van der Waals surface area contributed by atoms with Gasteiger partial charge in [-0.05, 0) is 25.5 Å². The predicted octanol–water partition coefficient (Wildman–Crippen LogP) is 1.56. The second-order valence-electron chi connectivity index (χ2n) is 4.36. The third kappa shape index (κ3) is 4.20. The van der Waals surface area contributed by atoms with Gasteiger partial charge in [0.15, 0.2) is 0 Å². The lowest BCUT2D eigenvalue weighted by Crippen LogP contribution is -2.40. The maximum Gasteiger partial charge on any atom is 0.243 e. The molecule has 2 N–H and O–H groups in total. The van der Waals surface area contributed by atoms with Crippen molar-refractivity contribution in [1.29, 1.82) is 0 Å². The molecule has 1 atom stereocenters. The van der Waals surface area contributed by atoms with E-state index in [1.165, 1.54) is 18.3 Å². The van der Waals surface area contributed by atoms with Crippen molar-refractivity contribution >= 4 is 21.6 Å². The van der Waals surface area contributed by atoms with Crippen molar-refractivity contribution in [2.75, 3.05) is 6.54 Å². The fourth-order valence-electron chi connectivity index (χ4n) is 1.53. The van der Waals surface area contributed by atoms with E-state index in [1.807, 2.05) is 6.92 Å². The SMILES string of the molecule is CCCC(C)(O)CNS(=O)(=O)c1cccnc1Cl. The molecular weight excluding hydrogens is 276 g/mol. The highest BCUT2D eigenvalue weighted by Crippen LogP contribution is 2.18. The smallest absolute Gasteiger partial charge is 0.243 e. The van der Waals surface area contributed by atoms with Crippen molar-refractivity contribution in [3.63, 3.8) is 0 Å². The highest BCUT2D eigenvalue weighted by Gasteiger charge is 2.24. The van der Waals surface area contributed by atoms with E-state index in [-0.39, 0.29) is 16.6 Å². The van der Waals surface area contributed by atoms with Gasteiger partial charge in [-0.3, -0.25) is 0 Å². The molecule has 1 heterocycles. The first-order valence-electron chi connectivity index (χ1n) is 5.61. The van der Waals surface area contributed by atoms with Crippen LogP contribution in [0.4, 0.5) is 0 Å². The minimum atomic E-state index is -3.75. The lowest BCUT2D eigenvalue weighted by atomic mass is 10.0. The minimum absolute atomic E-state index is 0.0611. The maximum atomic E-state index is 12.0. The van der Waals surface area contributed by atoms with Gasteiger partial charge in [0.1, 0.15) is 10.0 Å². The minimum Gasteiger partial charge on any atom is -0.389 e. The molecule has 0 aliphatic rings. The standard InChI is InChI=1S/C11H17ClN2O3S/c1-3-6-11(2,15)8-14-18(16,17)9-5-4-7-13-10(9)12/h4-5,7,14-15H,3,6,8H2,1-2H3. The number of aromatic nitrogens is 1. The van der Waals surface area contributed by atoms with E-state index in [2.05, 4.69) is 9.71 Å². The zero-order valence-electron chi connectivity index (χ0n) is 10.4. The Kier molecular flexibility index (Phi) is 5.10. The van der Waals surface area contributed by atoms with Crippen molar-refractivity contribution in [3.05, 3.63) is 23.5 Å². The zero-order valence-corrected chi connectivity index (χ0v) is 11.9. The first-order valence-corrected chi connectivity index (χ1v) is 7.47. The molecule has 0 fully saturated rings. The number of pyridine rings is 1. The normalized spacial score (nSPS) is 15.3. The van der Waals surface area contributed by atoms with Crippen LogP contribution in [0.3, 0.4) is 0 Å². The summed E-state index contributed by atoms with van der Waals surface area (Å²) in [5, 5.41) is 9.84. The molecule has 0 saturated heterocycles. The lowest BCUT2D eigenvalue weighted by Gasteiger charge is -2.22. The predicted molar refractivity (Wildman–Crippen MR) is 70.0 cm³/mol. The molecular formula is C11H17ClN2O3S. The first-order chi connectivity index (χ1) is 8.28. The Bertz CT molecular complexity index is 503. The molecule has 102 valence electrons. The monoisotopic (exact) mass is 292 g/mol. The molecule has 5 nitrogen and oxygen atoms in total. The average molecular weight is 293 g/mol. The number of hydrogen-bond donors (Lipinski definition) is 2. The van der Waals surface area contributed by atoms with Crippen LogP contribution in [0, 0.1) is 0 Å². The fourth-order valence-corrected chi connectivity index (χ4v) is 3.14. The van der Waals surface area contributed by atoms with Crippen LogP contribution in [0.25, 0.3) is 0 Å². The Hall–Kier alpha value is -0.690. The molecule has 1 aromatic rings. The Balaban J connectivity index is 2.81. The van der Waals surface area contributed by atoms with Gasteiger partial charge in [-0.25, -0.2) is 18.1 Å². The Morgan fingerprint density at radius 1 is 1.56 bits per heavy atom. The third-order valence-corrected chi connectivity index (χ3v) is 4.29. The molecule has 0 radical (unpaired) electrons. The molecule has 0 amide bonds. The number of hydrogen-bond acceptors (Lipinski definition) is 4. The molecule has 0 aromatic carbocycles. The van der Waals surface area contributed by atoms with Gasteiger partial charge in [0, 0.05) is 12.7 Å².